The lowest BCUT2D eigenvalue weighted by Crippen LogP contribution is -2.01. The van der Waals surface area contributed by atoms with E-state index in [2.05, 4.69) is 36.2 Å². The van der Waals surface area contributed by atoms with Gasteiger partial charge in [-0.1, -0.05) is 103 Å². The zero-order valence-corrected chi connectivity index (χ0v) is 27.9. The Balaban J connectivity index is 1.52. The van der Waals surface area contributed by atoms with Crippen LogP contribution in [0.4, 0.5) is 0 Å². The molecule has 0 N–H and O–H groups in total. The van der Waals surface area contributed by atoms with E-state index in [1.54, 1.807) is 0 Å². The molecule has 0 aliphatic heterocycles. The summed E-state index contributed by atoms with van der Waals surface area (Å²) in [5, 5.41) is 0. The van der Waals surface area contributed by atoms with Crippen molar-refractivity contribution in [2.24, 2.45) is 4.99 Å². The molecular formula is C39H44NO5P. The molecule has 0 fully saturated rings. The van der Waals surface area contributed by atoms with E-state index in [-0.39, 0.29) is 0 Å². The van der Waals surface area contributed by atoms with Crippen LogP contribution in [-0.4, -0.2) is 32.1 Å². The Bertz CT molecular complexity index is 1620. The molecule has 0 radical (unpaired) electrons. The third-order valence-electron chi connectivity index (χ3n) is 7.08. The monoisotopic (exact) mass is 637 g/mol. The van der Waals surface area contributed by atoms with Gasteiger partial charge in [-0.3, -0.25) is 9.56 Å². The minimum Gasteiger partial charge on any atom is -0.485 e. The standard InChI is InChI=1S/C39H44NO5P/c1-4-44-46(41,45-5-2)28-14-26-40-27-25-36(37-20-13-12-15-32(37)3)23-21-33-22-24-38(42-30-34-16-8-6-9-17-34)39(29-33)43-31-35-18-10-7-11-19-35/h6-13,15-25,27,29H,4-5,14,26,28,30-31H2,1-3H3/b23-21?,36-25-,40-27+. The first-order chi connectivity index (χ1) is 22.5. The number of aryl methyl sites for hydroxylation is 1. The molecule has 240 valence electrons. The maximum absolute atomic E-state index is 12.7. The Kier molecular flexibility index (Phi) is 14.1. The quantitative estimate of drug-likeness (QED) is 0.0470. The number of nitrogens with zero attached hydrogens (tertiary/aromatic N) is 1. The third kappa shape index (κ3) is 11.3. The highest BCUT2D eigenvalue weighted by molar-refractivity contribution is 7.53. The highest BCUT2D eigenvalue weighted by Gasteiger charge is 2.22. The van der Waals surface area contributed by atoms with Gasteiger partial charge < -0.3 is 18.5 Å². The molecule has 0 heterocycles. The van der Waals surface area contributed by atoms with Gasteiger partial charge in [-0.15, -0.1) is 0 Å². The number of hydrogen-bond donors (Lipinski definition) is 0. The third-order valence-corrected chi connectivity index (χ3v) is 9.25. The molecule has 46 heavy (non-hydrogen) atoms. The van der Waals surface area contributed by atoms with Gasteiger partial charge in [0.05, 0.1) is 19.4 Å². The first-order valence-corrected chi connectivity index (χ1v) is 17.5. The first-order valence-electron chi connectivity index (χ1n) is 15.8. The second-order valence-electron chi connectivity index (χ2n) is 10.6. The highest BCUT2D eigenvalue weighted by Crippen LogP contribution is 2.48. The highest BCUT2D eigenvalue weighted by atomic mass is 31.2. The maximum atomic E-state index is 12.7. The van der Waals surface area contributed by atoms with Crippen LogP contribution in [0.1, 0.15) is 48.1 Å². The lowest BCUT2D eigenvalue weighted by Gasteiger charge is -2.16. The van der Waals surface area contributed by atoms with Gasteiger partial charge in [0.2, 0.25) is 0 Å². The predicted molar refractivity (Wildman–Crippen MR) is 190 cm³/mol. The van der Waals surface area contributed by atoms with E-state index in [4.69, 9.17) is 18.5 Å². The number of aliphatic imine (C=N–C) groups is 1. The molecule has 0 aliphatic carbocycles. The average molecular weight is 638 g/mol. The fraction of sp³-hybridized carbons (Fsp3) is 0.256. The smallest absolute Gasteiger partial charge is 0.330 e. The van der Waals surface area contributed by atoms with Crippen molar-refractivity contribution in [1.29, 1.82) is 0 Å². The van der Waals surface area contributed by atoms with Crippen LogP contribution in [0.15, 0.2) is 120 Å². The summed E-state index contributed by atoms with van der Waals surface area (Å²) in [6.45, 7) is 7.87. The van der Waals surface area contributed by atoms with Crippen molar-refractivity contribution in [3.8, 4) is 11.5 Å². The lowest BCUT2D eigenvalue weighted by atomic mass is 9.99. The van der Waals surface area contributed by atoms with Crippen molar-refractivity contribution in [3.63, 3.8) is 0 Å². The van der Waals surface area contributed by atoms with Crippen molar-refractivity contribution < 1.29 is 23.1 Å². The Morgan fingerprint density at radius 3 is 2.00 bits per heavy atom. The second-order valence-corrected chi connectivity index (χ2v) is 12.8. The van der Waals surface area contributed by atoms with Crippen LogP contribution in [0.25, 0.3) is 11.6 Å². The number of rotatable bonds is 18. The van der Waals surface area contributed by atoms with Crippen molar-refractivity contribution in [3.05, 3.63) is 143 Å². The Labute approximate surface area is 274 Å². The Hall–Kier alpha value is -4.22. The van der Waals surface area contributed by atoms with E-state index < -0.39 is 7.60 Å². The van der Waals surface area contributed by atoms with Gasteiger partial charge in [-0.2, -0.15) is 0 Å². The average Bonchev–Trinajstić information content (AvgIpc) is 3.07. The van der Waals surface area contributed by atoms with Crippen LogP contribution >= 0.6 is 7.60 Å². The van der Waals surface area contributed by atoms with Gasteiger partial charge in [0.25, 0.3) is 0 Å². The molecule has 0 bridgehead atoms. The zero-order valence-electron chi connectivity index (χ0n) is 27.0. The summed E-state index contributed by atoms with van der Waals surface area (Å²) in [5.74, 6) is 1.37. The van der Waals surface area contributed by atoms with E-state index in [0.717, 1.165) is 33.4 Å². The molecule has 0 saturated carbocycles. The molecular weight excluding hydrogens is 593 g/mol. The van der Waals surface area contributed by atoms with Crippen LogP contribution in [0.3, 0.4) is 0 Å². The van der Waals surface area contributed by atoms with E-state index in [1.807, 2.05) is 117 Å². The number of ether oxygens (including phenoxy) is 2. The minimum absolute atomic E-state index is 0.347. The molecule has 4 aromatic carbocycles. The SMILES string of the molecule is CCOP(=O)(CCC/N=C/C=C(/C=Cc1ccc(OCc2ccccc2)c(OCc2ccccc2)c1)c1ccccc1C)OCC. The first kappa shape index (κ1) is 34.6. The van der Waals surface area contributed by atoms with Crippen molar-refractivity contribution in [2.75, 3.05) is 25.9 Å². The van der Waals surface area contributed by atoms with Gasteiger partial charge >= 0.3 is 7.60 Å². The summed E-state index contributed by atoms with van der Waals surface area (Å²) in [6, 6.07) is 34.5. The summed E-state index contributed by atoms with van der Waals surface area (Å²) in [6.07, 6.45) is 8.94. The number of benzene rings is 4. The maximum Gasteiger partial charge on any atom is 0.330 e. The normalized spacial score (nSPS) is 12.2. The van der Waals surface area contributed by atoms with Gasteiger partial charge in [0, 0.05) is 12.8 Å². The van der Waals surface area contributed by atoms with Crippen LogP contribution in [0.5, 0.6) is 11.5 Å². The minimum atomic E-state index is -3.06. The van der Waals surface area contributed by atoms with Gasteiger partial charge in [0.1, 0.15) is 13.2 Å². The summed E-state index contributed by atoms with van der Waals surface area (Å²) >= 11 is 0. The summed E-state index contributed by atoms with van der Waals surface area (Å²) in [5.41, 5.74) is 6.46. The van der Waals surface area contributed by atoms with Crippen LogP contribution < -0.4 is 9.47 Å². The van der Waals surface area contributed by atoms with E-state index in [1.165, 1.54) is 0 Å². The molecule has 7 heteroatoms. The number of allylic oxidation sites excluding steroid dienone is 3. The Morgan fingerprint density at radius 1 is 0.761 bits per heavy atom. The molecule has 6 nitrogen and oxygen atoms in total. The van der Waals surface area contributed by atoms with E-state index in [0.29, 0.717) is 57.1 Å². The lowest BCUT2D eigenvalue weighted by molar-refractivity contribution is 0.220. The van der Waals surface area contributed by atoms with Crippen molar-refractivity contribution >= 4 is 25.5 Å². The fourth-order valence-corrected chi connectivity index (χ4v) is 6.42. The van der Waals surface area contributed by atoms with E-state index >= 15 is 0 Å². The molecule has 0 aliphatic rings. The molecule has 0 saturated heterocycles. The molecule has 0 amide bonds. The molecule has 0 aromatic heterocycles. The molecule has 0 unspecified atom stereocenters. The number of hydrogen-bond acceptors (Lipinski definition) is 6. The molecule has 4 rings (SSSR count). The molecule has 0 atom stereocenters. The van der Waals surface area contributed by atoms with E-state index in [9.17, 15) is 4.57 Å². The predicted octanol–water partition coefficient (Wildman–Crippen LogP) is 9.98. The van der Waals surface area contributed by atoms with Crippen molar-refractivity contribution in [1.82, 2.24) is 0 Å². The second kappa shape index (κ2) is 18.7. The van der Waals surface area contributed by atoms with Crippen LogP contribution in [-0.2, 0) is 26.8 Å². The Morgan fingerprint density at radius 2 is 1.37 bits per heavy atom. The van der Waals surface area contributed by atoms with Crippen molar-refractivity contribution in [2.45, 2.75) is 40.4 Å². The van der Waals surface area contributed by atoms with Crippen LogP contribution in [0, 0.1) is 6.92 Å². The molecule has 4 aromatic rings. The van der Waals surface area contributed by atoms with Gasteiger partial charge in [-0.25, -0.2) is 0 Å². The summed E-state index contributed by atoms with van der Waals surface area (Å²) in [7, 11) is -3.06. The topological polar surface area (TPSA) is 66.4 Å². The van der Waals surface area contributed by atoms with Crippen LogP contribution in [0.2, 0.25) is 0 Å². The fourth-order valence-electron chi connectivity index (χ4n) is 4.77. The van der Waals surface area contributed by atoms with Gasteiger partial charge in [-0.05, 0) is 78.8 Å². The molecule has 0 spiro atoms. The largest absolute Gasteiger partial charge is 0.485 e. The zero-order chi connectivity index (χ0) is 32.5. The van der Waals surface area contributed by atoms with Gasteiger partial charge in [0.15, 0.2) is 11.5 Å². The summed E-state index contributed by atoms with van der Waals surface area (Å²) < 4.78 is 36.0. The summed E-state index contributed by atoms with van der Waals surface area (Å²) in [4.78, 5) is 4.56.